The van der Waals surface area contributed by atoms with Crippen LogP contribution >= 0.6 is 0 Å². The van der Waals surface area contributed by atoms with Gasteiger partial charge < -0.3 is 5.32 Å². The summed E-state index contributed by atoms with van der Waals surface area (Å²) in [5.41, 5.74) is 3.72. The molecule has 0 heterocycles. The molecule has 0 saturated carbocycles. The lowest BCUT2D eigenvalue weighted by molar-refractivity contribution is -0.112. The second-order valence-corrected chi connectivity index (χ2v) is 4.85. The average Bonchev–Trinajstić information content (AvgIpc) is 2.46. The Bertz CT molecular complexity index is 739. The van der Waals surface area contributed by atoms with Crippen LogP contribution in [0.4, 0.5) is 5.69 Å². The maximum Gasteiger partial charge on any atom is 0.266 e. The zero-order valence-electron chi connectivity index (χ0n) is 12.1. The van der Waals surface area contributed by atoms with E-state index in [1.165, 1.54) is 0 Å². The molecule has 0 aromatic heterocycles. The molecule has 0 atom stereocenters. The fourth-order valence-electron chi connectivity index (χ4n) is 1.97. The fourth-order valence-corrected chi connectivity index (χ4v) is 1.97. The summed E-state index contributed by atoms with van der Waals surface area (Å²) in [6.07, 6.45) is 1.61. The van der Waals surface area contributed by atoms with Gasteiger partial charge in [-0.25, -0.2) is 0 Å². The number of nitrogens with zero attached hydrogens (tertiary/aromatic N) is 1. The van der Waals surface area contributed by atoms with Crippen LogP contribution in [0.2, 0.25) is 0 Å². The first-order valence-corrected chi connectivity index (χ1v) is 6.65. The molecule has 3 heteroatoms. The number of nitrogens with one attached hydrogen (secondary N) is 1. The number of benzene rings is 2. The van der Waals surface area contributed by atoms with Gasteiger partial charge in [-0.1, -0.05) is 36.4 Å². The molecule has 0 aliphatic rings. The van der Waals surface area contributed by atoms with Gasteiger partial charge >= 0.3 is 0 Å². The van der Waals surface area contributed by atoms with Gasteiger partial charge in [-0.15, -0.1) is 0 Å². The first-order valence-electron chi connectivity index (χ1n) is 6.65. The number of rotatable bonds is 3. The van der Waals surface area contributed by atoms with E-state index in [0.29, 0.717) is 5.69 Å². The van der Waals surface area contributed by atoms with Crippen LogP contribution in [0.15, 0.2) is 54.1 Å². The van der Waals surface area contributed by atoms with E-state index in [2.05, 4.69) is 5.32 Å². The van der Waals surface area contributed by atoms with Gasteiger partial charge in [-0.3, -0.25) is 4.79 Å². The molecule has 0 spiro atoms. The maximum atomic E-state index is 12.2. The second-order valence-electron chi connectivity index (χ2n) is 4.85. The van der Waals surface area contributed by atoms with Crippen molar-refractivity contribution in [3.63, 3.8) is 0 Å². The zero-order chi connectivity index (χ0) is 15.2. The van der Waals surface area contributed by atoms with E-state index < -0.39 is 5.91 Å². The van der Waals surface area contributed by atoms with Crippen LogP contribution in [-0.4, -0.2) is 5.91 Å². The van der Waals surface area contributed by atoms with Gasteiger partial charge in [0.1, 0.15) is 11.6 Å². The first-order chi connectivity index (χ1) is 10.1. The van der Waals surface area contributed by atoms with Gasteiger partial charge in [0.05, 0.1) is 0 Å². The van der Waals surface area contributed by atoms with E-state index in [9.17, 15) is 10.1 Å². The standard InChI is InChI=1S/C18H16N2O/c1-13-6-5-9-17(10-13)20-18(21)16(12-19)11-15-8-4-3-7-14(15)2/h3-11H,1-2H3,(H,20,21)/b16-11+. The Hall–Kier alpha value is -2.86. The lowest BCUT2D eigenvalue weighted by Gasteiger charge is -2.06. The molecule has 21 heavy (non-hydrogen) atoms. The monoisotopic (exact) mass is 276 g/mol. The number of anilines is 1. The molecule has 0 aliphatic carbocycles. The average molecular weight is 276 g/mol. The van der Waals surface area contributed by atoms with Crippen molar-refractivity contribution in [2.45, 2.75) is 13.8 Å². The van der Waals surface area contributed by atoms with Gasteiger partial charge in [0.25, 0.3) is 5.91 Å². The highest BCUT2D eigenvalue weighted by Crippen LogP contribution is 2.14. The van der Waals surface area contributed by atoms with Crippen molar-refractivity contribution in [1.82, 2.24) is 0 Å². The second kappa shape index (κ2) is 6.53. The molecule has 2 aromatic carbocycles. The molecular weight excluding hydrogens is 260 g/mol. The molecule has 3 nitrogen and oxygen atoms in total. The Morgan fingerprint density at radius 1 is 1.14 bits per heavy atom. The molecule has 0 unspecified atom stereocenters. The molecule has 0 aliphatic heterocycles. The van der Waals surface area contributed by atoms with Crippen molar-refractivity contribution >= 4 is 17.7 Å². The van der Waals surface area contributed by atoms with Crippen molar-refractivity contribution in [3.8, 4) is 6.07 Å². The Morgan fingerprint density at radius 3 is 2.57 bits per heavy atom. The fraction of sp³-hybridized carbons (Fsp3) is 0.111. The first kappa shape index (κ1) is 14.5. The van der Waals surface area contributed by atoms with Crippen LogP contribution < -0.4 is 5.32 Å². The smallest absolute Gasteiger partial charge is 0.266 e. The van der Waals surface area contributed by atoms with Gasteiger partial charge in [-0.05, 0) is 48.7 Å². The lowest BCUT2D eigenvalue weighted by atomic mass is 10.1. The number of aryl methyl sites for hydroxylation is 2. The summed E-state index contributed by atoms with van der Waals surface area (Å²) < 4.78 is 0. The summed E-state index contributed by atoms with van der Waals surface area (Å²) in [5.74, 6) is -0.397. The SMILES string of the molecule is Cc1cccc(NC(=O)/C(C#N)=C/c2ccccc2C)c1. The highest BCUT2D eigenvalue weighted by Gasteiger charge is 2.10. The molecule has 1 amide bonds. The van der Waals surface area contributed by atoms with E-state index in [-0.39, 0.29) is 5.57 Å². The van der Waals surface area contributed by atoms with Crippen LogP contribution in [-0.2, 0) is 4.79 Å². The molecule has 0 fully saturated rings. The summed E-state index contributed by atoms with van der Waals surface area (Å²) >= 11 is 0. The summed E-state index contributed by atoms with van der Waals surface area (Å²) in [6, 6.07) is 17.1. The van der Waals surface area contributed by atoms with Gasteiger partial charge in [0.2, 0.25) is 0 Å². The summed E-state index contributed by atoms with van der Waals surface area (Å²) in [5, 5.41) is 11.9. The molecular formula is C18H16N2O. The molecule has 1 N–H and O–H groups in total. The Morgan fingerprint density at radius 2 is 1.90 bits per heavy atom. The number of hydrogen-bond donors (Lipinski definition) is 1. The van der Waals surface area contributed by atoms with Crippen molar-refractivity contribution in [1.29, 1.82) is 5.26 Å². The number of nitriles is 1. The van der Waals surface area contributed by atoms with Crippen LogP contribution in [0.25, 0.3) is 6.08 Å². The minimum Gasteiger partial charge on any atom is -0.321 e. The minimum absolute atomic E-state index is 0.0887. The van der Waals surface area contributed by atoms with Gasteiger partial charge in [-0.2, -0.15) is 5.26 Å². The third-order valence-electron chi connectivity index (χ3n) is 3.13. The normalized spacial score (nSPS) is 10.8. The molecule has 0 radical (unpaired) electrons. The molecule has 104 valence electrons. The van der Waals surface area contributed by atoms with Crippen LogP contribution in [0.1, 0.15) is 16.7 Å². The molecule has 0 bridgehead atoms. The van der Waals surface area contributed by atoms with Crippen molar-refractivity contribution < 1.29 is 4.79 Å². The largest absolute Gasteiger partial charge is 0.321 e. The topological polar surface area (TPSA) is 52.9 Å². The van der Waals surface area contributed by atoms with Gasteiger partial charge in [0, 0.05) is 5.69 Å². The third kappa shape index (κ3) is 3.80. The summed E-state index contributed by atoms with van der Waals surface area (Å²) in [6.45, 7) is 3.89. The maximum absolute atomic E-state index is 12.2. The van der Waals surface area contributed by atoms with Crippen LogP contribution in [0, 0.1) is 25.2 Å². The lowest BCUT2D eigenvalue weighted by Crippen LogP contribution is -2.13. The number of carbonyl (C=O) groups is 1. The van der Waals surface area contributed by atoms with Crippen molar-refractivity contribution in [2.75, 3.05) is 5.32 Å². The van der Waals surface area contributed by atoms with Crippen molar-refractivity contribution in [3.05, 3.63) is 70.8 Å². The Kier molecular flexibility index (Phi) is 4.53. The Balaban J connectivity index is 2.24. The zero-order valence-corrected chi connectivity index (χ0v) is 12.1. The third-order valence-corrected chi connectivity index (χ3v) is 3.13. The van der Waals surface area contributed by atoms with E-state index >= 15 is 0 Å². The Labute approximate surface area is 124 Å². The molecule has 2 aromatic rings. The van der Waals surface area contributed by atoms with Crippen LogP contribution in [0.5, 0.6) is 0 Å². The predicted molar refractivity (Wildman–Crippen MR) is 84.6 cm³/mol. The number of amides is 1. The highest BCUT2D eigenvalue weighted by molar-refractivity contribution is 6.09. The van der Waals surface area contributed by atoms with Crippen molar-refractivity contribution in [2.24, 2.45) is 0 Å². The summed E-state index contributed by atoms with van der Waals surface area (Å²) in [4.78, 5) is 12.2. The number of carbonyl (C=O) groups excluding carboxylic acids is 1. The van der Waals surface area contributed by atoms with E-state index in [1.807, 2.05) is 62.4 Å². The van der Waals surface area contributed by atoms with E-state index in [1.54, 1.807) is 12.1 Å². The minimum atomic E-state index is -0.397. The van der Waals surface area contributed by atoms with E-state index in [0.717, 1.165) is 16.7 Å². The highest BCUT2D eigenvalue weighted by atomic mass is 16.1. The summed E-state index contributed by atoms with van der Waals surface area (Å²) in [7, 11) is 0. The van der Waals surface area contributed by atoms with Gasteiger partial charge in [0.15, 0.2) is 0 Å². The molecule has 2 rings (SSSR count). The number of hydrogen-bond acceptors (Lipinski definition) is 2. The van der Waals surface area contributed by atoms with Crippen LogP contribution in [0.3, 0.4) is 0 Å². The quantitative estimate of drug-likeness (QED) is 0.684. The molecule has 0 saturated heterocycles. The predicted octanol–water partition coefficient (Wildman–Crippen LogP) is 3.85. The van der Waals surface area contributed by atoms with E-state index in [4.69, 9.17) is 0 Å².